The maximum Gasteiger partial charge on any atom is 0.123 e. The topological polar surface area (TPSA) is 37.4 Å². The van der Waals surface area contributed by atoms with Gasteiger partial charge < -0.3 is 10.1 Å². The van der Waals surface area contributed by atoms with Crippen molar-refractivity contribution in [2.75, 3.05) is 32.8 Å². The van der Waals surface area contributed by atoms with Gasteiger partial charge in [0.05, 0.1) is 18.9 Å². The Balaban J connectivity index is 1.49. The molecule has 1 aliphatic heterocycles. The minimum Gasteiger partial charge on any atom is -0.379 e. The average molecular weight is 396 g/mol. The van der Waals surface area contributed by atoms with E-state index in [0.717, 1.165) is 60.1 Å². The molecule has 23 heavy (non-hydrogen) atoms. The van der Waals surface area contributed by atoms with Crippen LogP contribution in [-0.2, 0) is 11.3 Å². The molecule has 0 amide bonds. The smallest absolute Gasteiger partial charge is 0.123 e. The Bertz CT molecular complexity index is 628. The predicted molar refractivity (Wildman–Crippen MR) is 98.8 cm³/mol. The Kier molecular flexibility index (Phi) is 6.19. The Morgan fingerprint density at radius 2 is 2.22 bits per heavy atom. The van der Waals surface area contributed by atoms with Crippen molar-refractivity contribution in [2.24, 2.45) is 0 Å². The van der Waals surface area contributed by atoms with E-state index in [1.165, 1.54) is 0 Å². The summed E-state index contributed by atoms with van der Waals surface area (Å²) >= 11 is 5.21. The number of aromatic nitrogens is 1. The first-order valence-corrected chi connectivity index (χ1v) is 9.62. The molecule has 4 nitrogen and oxygen atoms in total. The highest BCUT2D eigenvalue weighted by atomic mass is 79.9. The normalized spacial score (nSPS) is 17.3. The van der Waals surface area contributed by atoms with Gasteiger partial charge in [0.1, 0.15) is 5.01 Å². The van der Waals surface area contributed by atoms with Crippen molar-refractivity contribution >= 4 is 27.3 Å². The molecule has 1 aliphatic rings. The van der Waals surface area contributed by atoms with Gasteiger partial charge in [0.2, 0.25) is 0 Å². The van der Waals surface area contributed by atoms with Crippen LogP contribution in [0, 0.1) is 0 Å². The van der Waals surface area contributed by atoms with Gasteiger partial charge in [-0.2, -0.15) is 0 Å². The van der Waals surface area contributed by atoms with E-state index in [1.807, 2.05) is 12.1 Å². The molecule has 2 heterocycles. The number of nitrogens with zero attached hydrogens (tertiary/aromatic N) is 2. The predicted octanol–water partition coefficient (Wildman–Crippen LogP) is 3.38. The number of hydrogen-bond acceptors (Lipinski definition) is 5. The van der Waals surface area contributed by atoms with E-state index >= 15 is 0 Å². The van der Waals surface area contributed by atoms with Crippen molar-refractivity contribution in [1.82, 2.24) is 15.2 Å². The van der Waals surface area contributed by atoms with Crippen LogP contribution < -0.4 is 5.32 Å². The van der Waals surface area contributed by atoms with Crippen LogP contribution in [0.4, 0.5) is 0 Å². The molecule has 6 heteroatoms. The van der Waals surface area contributed by atoms with Crippen LogP contribution in [0.15, 0.2) is 34.1 Å². The Labute approximate surface area is 150 Å². The van der Waals surface area contributed by atoms with Gasteiger partial charge in [-0.3, -0.25) is 4.90 Å². The Morgan fingerprint density at radius 1 is 1.39 bits per heavy atom. The molecule has 1 aromatic heterocycles. The van der Waals surface area contributed by atoms with E-state index in [9.17, 15) is 0 Å². The molecular formula is C17H22BrN3OS. The number of ether oxygens (including phenoxy) is 1. The van der Waals surface area contributed by atoms with Gasteiger partial charge in [-0.25, -0.2) is 4.98 Å². The summed E-state index contributed by atoms with van der Waals surface area (Å²) in [4.78, 5) is 7.21. The van der Waals surface area contributed by atoms with Gasteiger partial charge >= 0.3 is 0 Å². The molecule has 1 atom stereocenters. The van der Waals surface area contributed by atoms with Gasteiger partial charge in [-0.15, -0.1) is 11.3 Å². The number of halogens is 1. The van der Waals surface area contributed by atoms with Crippen LogP contribution in [0.3, 0.4) is 0 Å². The lowest BCUT2D eigenvalue weighted by molar-refractivity contribution is 0.0203. The van der Waals surface area contributed by atoms with E-state index < -0.39 is 0 Å². The number of nitrogens with one attached hydrogen (secondary N) is 1. The first kappa shape index (κ1) is 17.0. The molecule has 1 N–H and O–H groups in total. The Hall–Kier alpha value is -0.790. The SMILES string of the molecule is CC(CNCc1csc(-c2cccc(Br)c2)n1)N1CCOCC1. The summed E-state index contributed by atoms with van der Waals surface area (Å²) in [6.45, 7) is 7.84. The molecule has 1 fully saturated rings. The largest absolute Gasteiger partial charge is 0.379 e. The van der Waals surface area contributed by atoms with Crippen LogP contribution in [-0.4, -0.2) is 48.8 Å². The zero-order valence-electron chi connectivity index (χ0n) is 13.3. The molecule has 2 aromatic rings. The van der Waals surface area contributed by atoms with E-state index in [2.05, 4.69) is 50.6 Å². The summed E-state index contributed by atoms with van der Waals surface area (Å²) in [5.41, 5.74) is 2.27. The molecular weight excluding hydrogens is 374 g/mol. The summed E-state index contributed by atoms with van der Waals surface area (Å²) in [5, 5.41) is 6.74. The fourth-order valence-corrected chi connectivity index (χ4v) is 3.91. The maximum absolute atomic E-state index is 5.40. The molecule has 0 bridgehead atoms. The van der Waals surface area contributed by atoms with Crippen LogP contribution in [0.5, 0.6) is 0 Å². The molecule has 0 radical (unpaired) electrons. The molecule has 1 saturated heterocycles. The van der Waals surface area contributed by atoms with Gasteiger partial charge in [0.25, 0.3) is 0 Å². The van der Waals surface area contributed by atoms with Gasteiger partial charge in [0, 0.05) is 47.6 Å². The monoisotopic (exact) mass is 395 g/mol. The minimum absolute atomic E-state index is 0.530. The number of thiazole rings is 1. The second-order valence-corrected chi connectivity index (χ2v) is 7.56. The zero-order chi connectivity index (χ0) is 16.1. The van der Waals surface area contributed by atoms with E-state index in [-0.39, 0.29) is 0 Å². The van der Waals surface area contributed by atoms with Crippen molar-refractivity contribution in [2.45, 2.75) is 19.5 Å². The lowest BCUT2D eigenvalue weighted by atomic mass is 10.2. The summed E-state index contributed by atoms with van der Waals surface area (Å²) < 4.78 is 6.49. The van der Waals surface area contributed by atoms with E-state index in [0.29, 0.717) is 6.04 Å². The fraction of sp³-hybridized carbons (Fsp3) is 0.471. The molecule has 124 valence electrons. The lowest BCUT2D eigenvalue weighted by Gasteiger charge is -2.32. The van der Waals surface area contributed by atoms with Crippen LogP contribution in [0.2, 0.25) is 0 Å². The molecule has 3 rings (SSSR count). The first-order chi connectivity index (χ1) is 11.2. The summed E-state index contributed by atoms with van der Waals surface area (Å²) in [5.74, 6) is 0. The van der Waals surface area contributed by atoms with Crippen LogP contribution in [0.25, 0.3) is 10.6 Å². The van der Waals surface area contributed by atoms with E-state index in [4.69, 9.17) is 9.72 Å². The van der Waals surface area contributed by atoms with Crippen molar-refractivity contribution in [3.8, 4) is 10.6 Å². The third kappa shape index (κ3) is 4.84. The van der Waals surface area contributed by atoms with Crippen LogP contribution in [0.1, 0.15) is 12.6 Å². The van der Waals surface area contributed by atoms with Crippen molar-refractivity contribution < 1.29 is 4.74 Å². The zero-order valence-corrected chi connectivity index (χ0v) is 15.7. The number of benzene rings is 1. The number of rotatable bonds is 6. The standard InChI is InChI=1S/C17H22BrN3OS/c1-13(21-5-7-22-8-6-21)10-19-11-16-12-23-17(20-16)14-3-2-4-15(18)9-14/h2-4,9,12-13,19H,5-8,10-11H2,1H3. The second kappa shape index (κ2) is 8.35. The Morgan fingerprint density at radius 3 is 3.00 bits per heavy atom. The molecule has 0 aliphatic carbocycles. The molecule has 0 spiro atoms. The molecule has 1 unspecified atom stereocenters. The minimum atomic E-state index is 0.530. The first-order valence-electron chi connectivity index (χ1n) is 7.95. The summed E-state index contributed by atoms with van der Waals surface area (Å²) in [7, 11) is 0. The van der Waals surface area contributed by atoms with Gasteiger partial charge in [0.15, 0.2) is 0 Å². The highest BCUT2D eigenvalue weighted by Crippen LogP contribution is 2.26. The second-order valence-electron chi connectivity index (χ2n) is 5.78. The molecule has 1 aromatic carbocycles. The van der Waals surface area contributed by atoms with Gasteiger partial charge in [-0.1, -0.05) is 28.1 Å². The number of morpholine rings is 1. The quantitative estimate of drug-likeness (QED) is 0.813. The number of hydrogen-bond donors (Lipinski definition) is 1. The summed E-state index contributed by atoms with van der Waals surface area (Å²) in [6.07, 6.45) is 0. The van der Waals surface area contributed by atoms with E-state index in [1.54, 1.807) is 11.3 Å². The fourth-order valence-electron chi connectivity index (χ4n) is 2.70. The van der Waals surface area contributed by atoms with Crippen molar-refractivity contribution in [1.29, 1.82) is 0 Å². The maximum atomic E-state index is 5.40. The third-order valence-corrected chi connectivity index (χ3v) is 5.47. The van der Waals surface area contributed by atoms with Crippen molar-refractivity contribution in [3.63, 3.8) is 0 Å². The van der Waals surface area contributed by atoms with Crippen molar-refractivity contribution in [3.05, 3.63) is 39.8 Å². The third-order valence-electron chi connectivity index (χ3n) is 4.04. The van der Waals surface area contributed by atoms with Gasteiger partial charge in [-0.05, 0) is 19.1 Å². The highest BCUT2D eigenvalue weighted by Gasteiger charge is 2.16. The average Bonchev–Trinajstić information content (AvgIpc) is 3.04. The summed E-state index contributed by atoms with van der Waals surface area (Å²) in [6, 6.07) is 8.81. The lowest BCUT2D eigenvalue weighted by Crippen LogP contribution is -2.46. The molecule has 0 saturated carbocycles. The van der Waals surface area contributed by atoms with Crippen LogP contribution >= 0.6 is 27.3 Å². The highest BCUT2D eigenvalue weighted by molar-refractivity contribution is 9.10.